The van der Waals surface area contributed by atoms with Gasteiger partial charge in [-0.3, -0.25) is 4.79 Å². The van der Waals surface area contributed by atoms with Crippen LogP contribution in [0.1, 0.15) is 34.7 Å². The van der Waals surface area contributed by atoms with Gasteiger partial charge >= 0.3 is 0 Å². The van der Waals surface area contributed by atoms with E-state index in [0.717, 1.165) is 36.5 Å². The number of hydrogen-bond acceptors (Lipinski definition) is 7. The number of ether oxygens (including phenoxy) is 3. The highest BCUT2D eigenvalue weighted by Crippen LogP contribution is 2.32. The van der Waals surface area contributed by atoms with E-state index in [-0.39, 0.29) is 18.8 Å². The van der Waals surface area contributed by atoms with Crippen LogP contribution in [0.2, 0.25) is 0 Å². The first kappa shape index (κ1) is 17.5. The van der Waals surface area contributed by atoms with E-state index in [1.54, 1.807) is 13.0 Å². The van der Waals surface area contributed by atoms with Crippen molar-refractivity contribution >= 4 is 11.7 Å². The molecule has 0 saturated carbocycles. The molecule has 2 aliphatic heterocycles. The summed E-state index contributed by atoms with van der Waals surface area (Å²) in [4.78, 5) is 21.0. The van der Waals surface area contributed by atoms with E-state index >= 15 is 0 Å². The molecule has 1 saturated heterocycles. The maximum Gasteiger partial charge on any atom is 0.270 e. The molecule has 1 aromatic heterocycles. The fraction of sp³-hybridized carbons (Fsp3) is 0.421. The number of amides is 1. The Morgan fingerprint density at radius 2 is 2.11 bits per heavy atom. The van der Waals surface area contributed by atoms with Crippen molar-refractivity contribution in [2.75, 3.05) is 25.3 Å². The van der Waals surface area contributed by atoms with Crippen LogP contribution in [0.3, 0.4) is 0 Å². The van der Waals surface area contributed by atoms with Gasteiger partial charge in [-0.15, -0.1) is 0 Å². The minimum atomic E-state index is -0.220. The molecule has 2 aliphatic rings. The number of carbonyl (C=O) groups excluding carboxylic acids is 1. The lowest BCUT2D eigenvalue weighted by Gasteiger charge is -2.12. The number of nitrogens with one attached hydrogen (secondary N) is 2. The molecule has 2 aromatic rings. The van der Waals surface area contributed by atoms with Gasteiger partial charge in [0.05, 0.1) is 6.10 Å². The second kappa shape index (κ2) is 7.79. The van der Waals surface area contributed by atoms with E-state index in [9.17, 15) is 4.79 Å². The van der Waals surface area contributed by atoms with Crippen molar-refractivity contribution in [3.8, 4) is 11.5 Å². The Hall–Kier alpha value is -2.87. The van der Waals surface area contributed by atoms with Gasteiger partial charge in [-0.05, 0) is 37.5 Å². The largest absolute Gasteiger partial charge is 0.454 e. The van der Waals surface area contributed by atoms with Crippen molar-refractivity contribution < 1.29 is 19.0 Å². The van der Waals surface area contributed by atoms with Gasteiger partial charge < -0.3 is 24.8 Å². The Balaban J connectivity index is 1.38. The number of aryl methyl sites for hydroxylation is 1. The molecule has 2 N–H and O–H groups in total. The normalized spacial score (nSPS) is 17.7. The molecule has 8 nitrogen and oxygen atoms in total. The minimum absolute atomic E-state index is 0.0977. The average molecular weight is 370 g/mol. The highest BCUT2D eigenvalue weighted by Gasteiger charge is 2.18. The third-order valence-electron chi connectivity index (χ3n) is 4.50. The SMILES string of the molecule is Cc1nc(NCc2ccc3c(c2)OCO3)cc(C(=O)NCC2CCCO2)n1. The van der Waals surface area contributed by atoms with Crippen molar-refractivity contribution in [2.45, 2.75) is 32.4 Å². The number of benzene rings is 1. The van der Waals surface area contributed by atoms with Crippen LogP contribution in [0.4, 0.5) is 5.82 Å². The van der Waals surface area contributed by atoms with Crippen LogP contribution in [0.15, 0.2) is 24.3 Å². The van der Waals surface area contributed by atoms with Crippen molar-refractivity contribution in [3.05, 3.63) is 41.3 Å². The first-order valence-electron chi connectivity index (χ1n) is 9.05. The first-order valence-corrected chi connectivity index (χ1v) is 9.05. The summed E-state index contributed by atoms with van der Waals surface area (Å²) in [5.74, 6) is 2.40. The van der Waals surface area contributed by atoms with Gasteiger partial charge in [0.2, 0.25) is 6.79 Å². The predicted molar refractivity (Wildman–Crippen MR) is 98.0 cm³/mol. The van der Waals surface area contributed by atoms with Gasteiger partial charge in [0, 0.05) is 25.8 Å². The van der Waals surface area contributed by atoms with Gasteiger partial charge in [-0.2, -0.15) is 0 Å². The van der Waals surface area contributed by atoms with Crippen molar-refractivity contribution in [2.24, 2.45) is 0 Å². The summed E-state index contributed by atoms with van der Waals surface area (Å²) < 4.78 is 16.2. The van der Waals surface area contributed by atoms with Crippen LogP contribution in [0.25, 0.3) is 0 Å². The molecule has 0 aliphatic carbocycles. The van der Waals surface area contributed by atoms with Gasteiger partial charge in [-0.1, -0.05) is 6.07 Å². The molecule has 0 radical (unpaired) electrons. The molecule has 27 heavy (non-hydrogen) atoms. The van der Waals surface area contributed by atoms with Gasteiger partial charge in [0.1, 0.15) is 17.3 Å². The van der Waals surface area contributed by atoms with E-state index in [1.807, 2.05) is 18.2 Å². The second-order valence-electron chi connectivity index (χ2n) is 6.57. The highest BCUT2D eigenvalue weighted by molar-refractivity contribution is 5.92. The van der Waals surface area contributed by atoms with Crippen molar-refractivity contribution in [1.29, 1.82) is 0 Å². The fourth-order valence-corrected chi connectivity index (χ4v) is 3.12. The van der Waals surface area contributed by atoms with E-state index in [4.69, 9.17) is 14.2 Å². The van der Waals surface area contributed by atoms with Crippen LogP contribution < -0.4 is 20.1 Å². The zero-order valence-electron chi connectivity index (χ0n) is 15.2. The summed E-state index contributed by atoms with van der Waals surface area (Å²) >= 11 is 0. The second-order valence-corrected chi connectivity index (χ2v) is 6.57. The number of rotatable bonds is 6. The maximum atomic E-state index is 12.4. The maximum absolute atomic E-state index is 12.4. The van der Waals surface area contributed by atoms with Gasteiger partial charge in [0.15, 0.2) is 11.5 Å². The molecule has 1 atom stereocenters. The smallest absolute Gasteiger partial charge is 0.270 e. The highest BCUT2D eigenvalue weighted by atomic mass is 16.7. The predicted octanol–water partition coefficient (Wildman–Crippen LogP) is 2.03. The first-order chi connectivity index (χ1) is 13.2. The summed E-state index contributed by atoms with van der Waals surface area (Å²) in [5.41, 5.74) is 1.37. The van der Waals surface area contributed by atoms with Gasteiger partial charge in [-0.25, -0.2) is 9.97 Å². The molecule has 3 heterocycles. The molecule has 1 amide bonds. The number of carbonyl (C=O) groups is 1. The number of aromatic nitrogens is 2. The fourth-order valence-electron chi connectivity index (χ4n) is 3.12. The molecule has 8 heteroatoms. The molecular weight excluding hydrogens is 348 g/mol. The molecule has 4 rings (SSSR count). The van der Waals surface area contributed by atoms with Crippen molar-refractivity contribution in [3.63, 3.8) is 0 Å². The van der Waals surface area contributed by atoms with E-state index in [0.29, 0.717) is 30.4 Å². The Kier molecular flexibility index (Phi) is 5.06. The van der Waals surface area contributed by atoms with Crippen LogP contribution in [-0.4, -0.2) is 41.9 Å². The minimum Gasteiger partial charge on any atom is -0.454 e. The van der Waals surface area contributed by atoms with Crippen LogP contribution >= 0.6 is 0 Å². The zero-order valence-corrected chi connectivity index (χ0v) is 15.2. The molecule has 1 aromatic carbocycles. The summed E-state index contributed by atoms with van der Waals surface area (Å²) in [5, 5.41) is 6.12. The lowest BCUT2D eigenvalue weighted by molar-refractivity contribution is 0.0853. The standard InChI is InChI=1S/C19H22N4O4/c1-12-22-15(19(24)21-10-14-3-2-6-25-14)8-18(23-12)20-9-13-4-5-16-17(7-13)27-11-26-16/h4-5,7-8,14H,2-3,6,9-11H2,1H3,(H,21,24)(H,20,22,23). The monoisotopic (exact) mass is 370 g/mol. The van der Waals surface area contributed by atoms with Crippen molar-refractivity contribution in [1.82, 2.24) is 15.3 Å². The van der Waals surface area contributed by atoms with E-state index in [2.05, 4.69) is 20.6 Å². The summed E-state index contributed by atoms with van der Waals surface area (Å²) in [7, 11) is 0. The third-order valence-corrected chi connectivity index (χ3v) is 4.50. The zero-order chi connectivity index (χ0) is 18.6. The molecule has 0 bridgehead atoms. The van der Waals surface area contributed by atoms with Crippen LogP contribution in [0.5, 0.6) is 11.5 Å². The summed E-state index contributed by atoms with van der Waals surface area (Å²) in [6, 6.07) is 7.43. The Morgan fingerprint density at radius 3 is 2.96 bits per heavy atom. The Labute approximate surface area is 157 Å². The number of nitrogens with zero attached hydrogens (tertiary/aromatic N) is 2. The number of fused-ring (bicyclic) bond motifs is 1. The molecule has 142 valence electrons. The molecule has 1 unspecified atom stereocenters. The molecule has 0 spiro atoms. The Bertz CT molecular complexity index is 836. The average Bonchev–Trinajstić information content (AvgIpc) is 3.35. The van der Waals surface area contributed by atoms with Crippen LogP contribution in [-0.2, 0) is 11.3 Å². The molecule has 1 fully saturated rings. The van der Waals surface area contributed by atoms with E-state index in [1.165, 1.54) is 0 Å². The van der Waals surface area contributed by atoms with Gasteiger partial charge in [0.25, 0.3) is 5.91 Å². The number of hydrogen-bond donors (Lipinski definition) is 2. The third kappa shape index (κ3) is 4.28. The van der Waals surface area contributed by atoms with E-state index < -0.39 is 0 Å². The lowest BCUT2D eigenvalue weighted by Crippen LogP contribution is -2.32. The molecular formula is C19H22N4O4. The summed E-state index contributed by atoms with van der Waals surface area (Å²) in [6.45, 7) is 3.83. The topological polar surface area (TPSA) is 94.6 Å². The number of anilines is 1. The Morgan fingerprint density at radius 1 is 1.22 bits per heavy atom. The quantitative estimate of drug-likeness (QED) is 0.803. The lowest BCUT2D eigenvalue weighted by atomic mass is 10.2. The summed E-state index contributed by atoms with van der Waals surface area (Å²) in [6.07, 6.45) is 2.12. The van der Waals surface area contributed by atoms with Crippen LogP contribution in [0, 0.1) is 6.92 Å².